The molecule has 0 saturated carbocycles. The Kier molecular flexibility index (Phi) is 6.69. The molecule has 0 aliphatic carbocycles. The van der Waals surface area contributed by atoms with Gasteiger partial charge in [0.15, 0.2) is 0 Å². The monoisotopic (exact) mass is 517 g/mol. The van der Waals surface area contributed by atoms with E-state index in [1.54, 1.807) is 12.3 Å². The van der Waals surface area contributed by atoms with Crippen molar-refractivity contribution in [3.63, 3.8) is 0 Å². The van der Waals surface area contributed by atoms with Crippen molar-refractivity contribution in [3.8, 4) is 28.3 Å². The van der Waals surface area contributed by atoms with E-state index in [1.807, 2.05) is 49.4 Å². The number of tetrazole rings is 1. The first kappa shape index (κ1) is 24.3. The Morgan fingerprint density at radius 1 is 0.974 bits per heavy atom. The number of benzene rings is 3. The molecule has 1 unspecified atom stereocenters. The predicted octanol–water partition coefficient (Wildman–Crippen LogP) is 6.19. The number of amides is 2. The Hall–Kier alpha value is -5.05. The molecule has 1 atom stereocenters. The molecule has 0 radical (unpaired) electrons. The molecule has 5 aromatic rings. The number of nitrogens with one attached hydrogen (secondary N) is 3. The molecule has 3 heterocycles. The van der Waals surface area contributed by atoms with Crippen LogP contribution in [0.4, 0.5) is 16.3 Å². The standard InChI is InChI=1S/C30H27N7O2/c1-19-13-14-27(31-18-19)33-30(38)32-26-17-21(23-10-5-6-11-24(23)29-34-36-37-35-29)16-25-22(12-7-15-39-28(25)26)20-8-3-2-4-9-20/h2-6,8-11,13-14,16-18,22H,7,12,15H2,1H3,(H2,31,32,33,38)(H,34,35,36,37). The van der Waals surface area contributed by atoms with Gasteiger partial charge in [-0.15, -0.1) is 10.2 Å². The fraction of sp³-hybridized carbons (Fsp3) is 0.167. The second kappa shape index (κ2) is 10.7. The molecule has 0 spiro atoms. The lowest BCUT2D eigenvalue weighted by atomic mass is 9.85. The van der Waals surface area contributed by atoms with Crippen LogP contribution in [0.2, 0.25) is 0 Å². The molecule has 2 amide bonds. The van der Waals surface area contributed by atoms with E-state index in [0.717, 1.165) is 40.7 Å². The summed E-state index contributed by atoms with van der Waals surface area (Å²) in [4.78, 5) is 17.4. The van der Waals surface area contributed by atoms with E-state index in [4.69, 9.17) is 4.74 Å². The van der Waals surface area contributed by atoms with Gasteiger partial charge in [-0.05, 0) is 65.4 Å². The summed E-state index contributed by atoms with van der Waals surface area (Å²) in [6.45, 7) is 2.51. The van der Waals surface area contributed by atoms with Crippen molar-refractivity contribution < 1.29 is 9.53 Å². The lowest BCUT2D eigenvalue weighted by Crippen LogP contribution is -2.21. The zero-order chi connectivity index (χ0) is 26.6. The van der Waals surface area contributed by atoms with E-state index in [0.29, 0.717) is 29.7 Å². The number of urea groups is 1. The van der Waals surface area contributed by atoms with Crippen molar-refractivity contribution in [2.45, 2.75) is 25.7 Å². The maximum atomic E-state index is 13.1. The minimum Gasteiger partial charge on any atom is -0.491 e. The zero-order valence-corrected chi connectivity index (χ0v) is 21.4. The highest BCUT2D eigenvalue weighted by Crippen LogP contribution is 2.45. The van der Waals surface area contributed by atoms with Crippen molar-refractivity contribution >= 4 is 17.5 Å². The Labute approximate surface area is 225 Å². The highest BCUT2D eigenvalue weighted by molar-refractivity contribution is 6.01. The van der Waals surface area contributed by atoms with Gasteiger partial charge in [0.1, 0.15) is 11.6 Å². The van der Waals surface area contributed by atoms with Crippen LogP contribution in [-0.4, -0.2) is 38.2 Å². The molecular weight excluding hydrogens is 490 g/mol. The van der Waals surface area contributed by atoms with E-state index < -0.39 is 6.03 Å². The van der Waals surface area contributed by atoms with Gasteiger partial charge >= 0.3 is 6.03 Å². The summed E-state index contributed by atoms with van der Waals surface area (Å²) in [7, 11) is 0. The largest absolute Gasteiger partial charge is 0.491 e. The van der Waals surface area contributed by atoms with E-state index in [2.05, 4.69) is 66.6 Å². The number of ether oxygens (including phenoxy) is 1. The molecule has 0 fully saturated rings. The van der Waals surface area contributed by atoms with Crippen LogP contribution < -0.4 is 15.4 Å². The summed E-state index contributed by atoms with van der Waals surface area (Å²) in [6, 6.07) is 25.7. The predicted molar refractivity (Wildman–Crippen MR) is 150 cm³/mol. The lowest BCUT2D eigenvalue weighted by Gasteiger charge is -2.22. The highest BCUT2D eigenvalue weighted by atomic mass is 16.5. The summed E-state index contributed by atoms with van der Waals surface area (Å²) >= 11 is 0. The molecule has 6 rings (SSSR count). The SMILES string of the molecule is Cc1ccc(NC(=O)Nc2cc(-c3ccccc3-c3nn[nH]n3)cc3c2OCCCC3c2ccccc2)nc1. The molecular formula is C30H27N7O2. The van der Waals surface area contributed by atoms with Gasteiger partial charge in [0.2, 0.25) is 5.82 Å². The second-order valence-corrected chi connectivity index (χ2v) is 9.48. The molecule has 1 aliphatic rings. The Morgan fingerprint density at radius 2 is 1.79 bits per heavy atom. The van der Waals surface area contributed by atoms with Gasteiger partial charge in [0.25, 0.3) is 0 Å². The number of aromatic amines is 1. The Bertz CT molecular complexity index is 1590. The van der Waals surface area contributed by atoms with Gasteiger partial charge in [-0.2, -0.15) is 5.21 Å². The van der Waals surface area contributed by atoms with E-state index in [-0.39, 0.29) is 5.92 Å². The van der Waals surface area contributed by atoms with Crippen LogP contribution in [0, 0.1) is 6.92 Å². The number of hydrogen-bond donors (Lipinski definition) is 3. The molecule has 9 heteroatoms. The average molecular weight is 518 g/mol. The summed E-state index contributed by atoms with van der Waals surface area (Å²) in [6.07, 6.45) is 3.53. The van der Waals surface area contributed by atoms with Crippen LogP contribution in [0.3, 0.4) is 0 Å². The highest BCUT2D eigenvalue weighted by Gasteiger charge is 2.26. The summed E-state index contributed by atoms with van der Waals surface area (Å²) in [5, 5.41) is 20.5. The molecule has 0 saturated heterocycles. The Balaban J connectivity index is 1.47. The lowest BCUT2D eigenvalue weighted by molar-refractivity contribution is 0.261. The summed E-state index contributed by atoms with van der Waals surface area (Å²) < 4.78 is 6.29. The average Bonchev–Trinajstić information content (AvgIpc) is 3.42. The molecule has 3 aromatic carbocycles. The quantitative estimate of drug-likeness (QED) is 0.256. The molecule has 39 heavy (non-hydrogen) atoms. The molecule has 194 valence electrons. The first-order chi connectivity index (χ1) is 19.2. The van der Waals surface area contributed by atoms with Gasteiger partial charge < -0.3 is 10.1 Å². The maximum Gasteiger partial charge on any atom is 0.324 e. The molecule has 2 aromatic heterocycles. The van der Waals surface area contributed by atoms with Gasteiger partial charge in [-0.1, -0.05) is 60.7 Å². The third kappa shape index (κ3) is 5.19. The number of H-pyrrole nitrogens is 1. The van der Waals surface area contributed by atoms with Crippen molar-refractivity contribution in [2.24, 2.45) is 0 Å². The van der Waals surface area contributed by atoms with Crippen LogP contribution in [0.5, 0.6) is 5.75 Å². The number of carbonyl (C=O) groups is 1. The van der Waals surface area contributed by atoms with Gasteiger partial charge in [-0.25, -0.2) is 9.78 Å². The summed E-state index contributed by atoms with van der Waals surface area (Å²) in [5.41, 5.74) is 6.47. The summed E-state index contributed by atoms with van der Waals surface area (Å²) in [5.74, 6) is 1.73. The van der Waals surface area contributed by atoms with E-state index in [9.17, 15) is 4.79 Å². The minimum absolute atomic E-state index is 0.100. The zero-order valence-electron chi connectivity index (χ0n) is 21.4. The number of carbonyl (C=O) groups excluding carboxylic acids is 1. The van der Waals surface area contributed by atoms with Crippen molar-refractivity contribution in [2.75, 3.05) is 17.2 Å². The number of aromatic nitrogens is 5. The van der Waals surface area contributed by atoms with E-state index >= 15 is 0 Å². The smallest absolute Gasteiger partial charge is 0.324 e. The fourth-order valence-electron chi connectivity index (χ4n) is 4.99. The Morgan fingerprint density at radius 3 is 2.56 bits per heavy atom. The molecule has 0 bridgehead atoms. The number of rotatable bonds is 5. The fourth-order valence-corrected chi connectivity index (χ4v) is 4.99. The van der Waals surface area contributed by atoms with Gasteiger partial charge in [-0.3, -0.25) is 5.32 Å². The van der Waals surface area contributed by atoms with Crippen LogP contribution in [0.25, 0.3) is 22.5 Å². The second-order valence-electron chi connectivity index (χ2n) is 9.48. The van der Waals surface area contributed by atoms with Crippen molar-refractivity contribution in [1.82, 2.24) is 25.6 Å². The third-order valence-corrected chi connectivity index (χ3v) is 6.80. The number of hydrogen-bond acceptors (Lipinski definition) is 6. The van der Waals surface area contributed by atoms with Crippen LogP contribution in [0.1, 0.15) is 35.4 Å². The normalized spacial score (nSPS) is 14.5. The number of anilines is 2. The van der Waals surface area contributed by atoms with Crippen LogP contribution in [-0.2, 0) is 0 Å². The van der Waals surface area contributed by atoms with E-state index in [1.165, 1.54) is 5.56 Å². The first-order valence-corrected chi connectivity index (χ1v) is 12.9. The third-order valence-electron chi connectivity index (χ3n) is 6.80. The van der Waals surface area contributed by atoms with Gasteiger partial charge in [0, 0.05) is 23.2 Å². The number of aryl methyl sites for hydroxylation is 1. The topological polar surface area (TPSA) is 118 Å². The number of fused-ring (bicyclic) bond motifs is 1. The number of pyridine rings is 1. The molecule has 9 nitrogen and oxygen atoms in total. The van der Waals surface area contributed by atoms with Crippen LogP contribution in [0.15, 0.2) is 85.1 Å². The van der Waals surface area contributed by atoms with Gasteiger partial charge in [0.05, 0.1) is 12.3 Å². The number of nitrogens with zero attached hydrogens (tertiary/aromatic N) is 4. The van der Waals surface area contributed by atoms with Crippen LogP contribution >= 0.6 is 0 Å². The minimum atomic E-state index is -0.402. The maximum absolute atomic E-state index is 13.1. The van der Waals surface area contributed by atoms with Crippen molar-refractivity contribution in [1.29, 1.82) is 0 Å². The first-order valence-electron chi connectivity index (χ1n) is 12.9. The molecule has 3 N–H and O–H groups in total. The van der Waals surface area contributed by atoms with Crippen molar-refractivity contribution in [3.05, 3.63) is 102 Å². The molecule has 1 aliphatic heterocycles.